The van der Waals surface area contributed by atoms with Crippen LogP contribution in [0.1, 0.15) is 32.3 Å². The normalized spacial score (nSPS) is 21.7. The smallest absolute Gasteiger partial charge is 0.418 e. The molecule has 0 bridgehead atoms. The molecule has 0 radical (unpaired) electrons. The first-order chi connectivity index (χ1) is 11.0. The molecular weight excluding hydrogens is 317 g/mol. The van der Waals surface area contributed by atoms with Crippen molar-refractivity contribution in [3.8, 4) is 11.1 Å². The molecule has 2 unspecified atom stereocenters. The molecule has 0 fully saturated rings. The second-order valence-corrected chi connectivity index (χ2v) is 6.73. The van der Waals surface area contributed by atoms with Gasteiger partial charge in [-0.15, -0.1) is 0 Å². The number of halogens is 4. The fourth-order valence-corrected chi connectivity index (χ4v) is 3.13. The molecule has 1 aliphatic heterocycles. The van der Waals surface area contributed by atoms with Crippen molar-refractivity contribution < 1.29 is 22.2 Å². The highest BCUT2D eigenvalue weighted by Crippen LogP contribution is 2.38. The molecule has 130 valence electrons. The SMILES string of the molecule is CC1c2cc(-c3ccccc3)ccc2[NH+](C)C1(C)C.F[B-](F)(F)F. The van der Waals surface area contributed by atoms with Crippen LogP contribution in [-0.2, 0) is 0 Å². The predicted octanol–water partition coefficient (Wildman–Crippen LogP) is 4.70. The number of likely N-dealkylation sites (N-methyl/N-ethyl adjacent to an activating group) is 1. The molecule has 0 aromatic heterocycles. The van der Waals surface area contributed by atoms with E-state index in [1.54, 1.807) is 0 Å². The second kappa shape index (κ2) is 6.59. The highest BCUT2D eigenvalue weighted by atomic mass is 19.5. The Balaban J connectivity index is 0.000000368. The van der Waals surface area contributed by atoms with Crippen molar-refractivity contribution in [2.45, 2.75) is 32.2 Å². The third kappa shape index (κ3) is 3.98. The summed E-state index contributed by atoms with van der Waals surface area (Å²) in [6.07, 6.45) is 0. The quantitative estimate of drug-likeness (QED) is 0.568. The van der Waals surface area contributed by atoms with Crippen LogP contribution in [0.15, 0.2) is 48.5 Å². The van der Waals surface area contributed by atoms with Crippen LogP contribution in [0.3, 0.4) is 0 Å². The summed E-state index contributed by atoms with van der Waals surface area (Å²) < 4.78 is 39.0. The summed E-state index contributed by atoms with van der Waals surface area (Å²) >= 11 is 0. The van der Waals surface area contributed by atoms with Gasteiger partial charge >= 0.3 is 7.25 Å². The van der Waals surface area contributed by atoms with Gasteiger partial charge in [-0.1, -0.05) is 37.3 Å². The zero-order valence-corrected chi connectivity index (χ0v) is 14.3. The van der Waals surface area contributed by atoms with E-state index in [9.17, 15) is 17.3 Å². The van der Waals surface area contributed by atoms with Gasteiger partial charge in [-0.25, -0.2) is 0 Å². The van der Waals surface area contributed by atoms with Gasteiger partial charge in [0.25, 0.3) is 0 Å². The molecule has 6 heteroatoms. The lowest BCUT2D eigenvalue weighted by Crippen LogP contribution is -3.11. The number of fused-ring (bicyclic) bond motifs is 1. The topological polar surface area (TPSA) is 4.44 Å². The van der Waals surface area contributed by atoms with E-state index in [4.69, 9.17) is 0 Å². The van der Waals surface area contributed by atoms with Gasteiger partial charge in [0.15, 0.2) is 0 Å². The van der Waals surface area contributed by atoms with Crippen molar-refractivity contribution in [3.05, 3.63) is 54.1 Å². The zero-order chi connectivity index (χ0) is 18.1. The maximum absolute atomic E-state index is 9.75. The van der Waals surface area contributed by atoms with Crippen molar-refractivity contribution in [2.24, 2.45) is 0 Å². The summed E-state index contributed by atoms with van der Waals surface area (Å²) in [7, 11) is -3.72. The number of benzene rings is 2. The molecule has 24 heavy (non-hydrogen) atoms. The van der Waals surface area contributed by atoms with E-state index < -0.39 is 7.25 Å². The molecule has 3 rings (SSSR count). The highest BCUT2D eigenvalue weighted by Gasteiger charge is 2.45. The minimum Gasteiger partial charge on any atom is -0.418 e. The van der Waals surface area contributed by atoms with Crippen LogP contribution in [0.5, 0.6) is 0 Å². The molecule has 2 aromatic carbocycles. The van der Waals surface area contributed by atoms with Gasteiger partial charge in [0.2, 0.25) is 0 Å². The minimum absolute atomic E-state index is 0.275. The number of hydrogen-bond acceptors (Lipinski definition) is 0. The summed E-state index contributed by atoms with van der Waals surface area (Å²) in [5, 5.41) is 0. The van der Waals surface area contributed by atoms with E-state index in [1.807, 2.05) is 0 Å². The Morgan fingerprint density at radius 1 is 0.917 bits per heavy atom. The third-order valence-corrected chi connectivity index (χ3v) is 5.08. The molecule has 0 saturated carbocycles. The molecular formula is C18H22BF4N. The third-order valence-electron chi connectivity index (χ3n) is 5.08. The molecule has 2 atom stereocenters. The summed E-state index contributed by atoms with van der Waals surface area (Å²) in [5.41, 5.74) is 5.87. The van der Waals surface area contributed by atoms with Crippen LogP contribution in [-0.4, -0.2) is 19.8 Å². The summed E-state index contributed by atoms with van der Waals surface area (Å²) in [5.74, 6) is 0.589. The van der Waals surface area contributed by atoms with E-state index in [-0.39, 0.29) is 5.54 Å². The van der Waals surface area contributed by atoms with Crippen molar-refractivity contribution in [2.75, 3.05) is 7.05 Å². The van der Waals surface area contributed by atoms with Crippen LogP contribution < -0.4 is 4.90 Å². The lowest BCUT2D eigenvalue weighted by atomic mass is 9.86. The van der Waals surface area contributed by atoms with Crippen LogP contribution in [0.4, 0.5) is 23.0 Å². The zero-order valence-electron chi connectivity index (χ0n) is 14.3. The largest absolute Gasteiger partial charge is 0.673 e. The van der Waals surface area contributed by atoms with Crippen molar-refractivity contribution in [1.82, 2.24) is 0 Å². The van der Waals surface area contributed by atoms with Crippen molar-refractivity contribution in [3.63, 3.8) is 0 Å². The Morgan fingerprint density at radius 3 is 2.00 bits per heavy atom. The van der Waals surface area contributed by atoms with Crippen LogP contribution in [0.2, 0.25) is 0 Å². The van der Waals surface area contributed by atoms with E-state index in [2.05, 4.69) is 76.3 Å². The second-order valence-electron chi connectivity index (χ2n) is 6.73. The molecule has 2 aromatic rings. The van der Waals surface area contributed by atoms with E-state index in [1.165, 1.54) is 27.3 Å². The summed E-state index contributed by atoms with van der Waals surface area (Å²) in [4.78, 5) is 1.52. The van der Waals surface area contributed by atoms with Gasteiger partial charge in [0.05, 0.1) is 7.05 Å². The maximum atomic E-state index is 9.75. The van der Waals surface area contributed by atoms with E-state index in [0.717, 1.165) is 0 Å². The average Bonchev–Trinajstić information content (AvgIpc) is 2.67. The summed E-state index contributed by atoms with van der Waals surface area (Å²) in [6, 6.07) is 17.6. The van der Waals surface area contributed by atoms with Crippen LogP contribution in [0, 0.1) is 0 Å². The van der Waals surface area contributed by atoms with Crippen LogP contribution >= 0.6 is 0 Å². The van der Waals surface area contributed by atoms with E-state index in [0.29, 0.717) is 5.92 Å². The van der Waals surface area contributed by atoms with Gasteiger partial charge in [0.1, 0.15) is 11.2 Å². The first kappa shape index (κ1) is 18.5. The molecule has 0 spiro atoms. The number of rotatable bonds is 1. The molecule has 1 N–H and O–H groups in total. The van der Waals surface area contributed by atoms with Gasteiger partial charge in [-0.05, 0) is 43.2 Å². The Bertz CT molecular complexity index is 692. The first-order valence-electron chi connectivity index (χ1n) is 7.93. The molecule has 1 heterocycles. The fraction of sp³-hybridized carbons (Fsp3) is 0.333. The van der Waals surface area contributed by atoms with Crippen molar-refractivity contribution >= 4 is 12.9 Å². The minimum atomic E-state index is -6.00. The maximum Gasteiger partial charge on any atom is 0.673 e. The summed E-state index contributed by atoms with van der Waals surface area (Å²) in [6.45, 7) is 7.06. The Labute approximate surface area is 140 Å². The Morgan fingerprint density at radius 2 is 1.46 bits per heavy atom. The van der Waals surface area contributed by atoms with Gasteiger partial charge in [-0.3, -0.25) is 4.90 Å². The molecule has 0 saturated heterocycles. The molecule has 1 aliphatic rings. The monoisotopic (exact) mass is 339 g/mol. The number of nitrogens with one attached hydrogen (secondary N) is 1. The molecule has 0 amide bonds. The lowest BCUT2D eigenvalue weighted by Gasteiger charge is -2.28. The first-order valence-corrected chi connectivity index (χ1v) is 7.93. The molecule has 1 nitrogen and oxygen atoms in total. The van der Waals surface area contributed by atoms with Gasteiger partial charge in [0, 0.05) is 11.5 Å². The standard InChI is InChI=1S/C18H21N.BF4/c1-13-16-12-15(14-8-6-5-7-9-14)10-11-17(16)19(4)18(13,2)3;2-1(3,4)5/h5-13H,1-4H3;/q;-1/p+1. The Hall–Kier alpha value is -1.82. The fourth-order valence-electron chi connectivity index (χ4n) is 3.13. The molecule has 0 aliphatic carbocycles. The highest BCUT2D eigenvalue weighted by molar-refractivity contribution is 6.50. The predicted molar refractivity (Wildman–Crippen MR) is 91.1 cm³/mol. The van der Waals surface area contributed by atoms with E-state index >= 15 is 0 Å². The number of hydrogen-bond donors (Lipinski definition) is 1. The number of quaternary nitrogens is 1. The van der Waals surface area contributed by atoms with Crippen LogP contribution in [0.25, 0.3) is 11.1 Å². The average molecular weight is 339 g/mol. The lowest BCUT2D eigenvalue weighted by molar-refractivity contribution is -0.860. The van der Waals surface area contributed by atoms with Crippen molar-refractivity contribution in [1.29, 1.82) is 0 Å². The van der Waals surface area contributed by atoms with Gasteiger partial charge < -0.3 is 17.3 Å². The Kier molecular flexibility index (Phi) is 5.09. The van der Waals surface area contributed by atoms with Gasteiger partial charge in [-0.2, -0.15) is 0 Å².